The fraction of sp³-hybridized carbons (Fsp3) is 0.600. The zero-order valence-corrected chi connectivity index (χ0v) is 14.4. The Balaban J connectivity index is 1.97. The Labute approximate surface area is 139 Å². The lowest BCUT2D eigenvalue weighted by Crippen LogP contribution is -2.21. The van der Waals surface area contributed by atoms with E-state index in [1.165, 1.54) is 25.7 Å². The van der Waals surface area contributed by atoms with Crippen LogP contribution in [0.1, 0.15) is 37.5 Å². The summed E-state index contributed by atoms with van der Waals surface area (Å²) in [6.07, 6.45) is 9.60. The van der Waals surface area contributed by atoms with E-state index in [2.05, 4.69) is 15.8 Å². The lowest BCUT2D eigenvalue weighted by molar-refractivity contribution is 0.358. The summed E-state index contributed by atoms with van der Waals surface area (Å²) < 4.78 is 2.31. The highest BCUT2D eigenvalue weighted by Gasteiger charge is 2.25. The zero-order chi connectivity index (χ0) is 14.8. The van der Waals surface area contributed by atoms with E-state index in [1.807, 2.05) is 17.8 Å². The smallest absolute Gasteiger partial charge is 0.160 e. The minimum absolute atomic E-state index is 0.491. The lowest BCUT2D eigenvalue weighted by atomic mass is 9.94. The van der Waals surface area contributed by atoms with Crippen LogP contribution in [0.4, 0.5) is 0 Å². The number of imidazole rings is 1. The van der Waals surface area contributed by atoms with Crippen LogP contribution >= 0.6 is 35.0 Å². The van der Waals surface area contributed by atoms with Crippen LogP contribution in [0.5, 0.6) is 0 Å². The van der Waals surface area contributed by atoms with Crippen LogP contribution in [0.15, 0.2) is 12.3 Å². The first kappa shape index (κ1) is 15.4. The third kappa shape index (κ3) is 3.17. The van der Waals surface area contributed by atoms with Crippen LogP contribution < -0.4 is 0 Å². The van der Waals surface area contributed by atoms with E-state index in [9.17, 15) is 0 Å². The second kappa shape index (κ2) is 6.76. The molecule has 1 saturated carbocycles. The molecule has 0 bridgehead atoms. The predicted molar refractivity (Wildman–Crippen MR) is 91.8 cm³/mol. The number of thioether (sulfide) groups is 1. The maximum atomic E-state index is 6.04. The highest BCUT2D eigenvalue weighted by Crippen LogP contribution is 2.36. The van der Waals surface area contributed by atoms with Crippen LogP contribution in [0.3, 0.4) is 0 Å². The zero-order valence-electron chi connectivity index (χ0n) is 12.1. The first-order valence-electron chi connectivity index (χ1n) is 7.34. The van der Waals surface area contributed by atoms with E-state index in [1.54, 1.807) is 6.20 Å². The number of pyridine rings is 1. The minimum Gasteiger partial charge on any atom is -0.310 e. The number of rotatable bonds is 4. The monoisotopic (exact) mass is 343 g/mol. The van der Waals surface area contributed by atoms with Crippen LogP contribution in [0, 0.1) is 0 Å². The SMILES string of the molecule is CSC1CCC(n2c(CCCl)nc3cc(Cl)cnc32)CC1. The van der Waals surface area contributed by atoms with Crippen molar-refractivity contribution in [1.82, 2.24) is 14.5 Å². The van der Waals surface area contributed by atoms with Crippen molar-refractivity contribution in [3.63, 3.8) is 0 Å². The van der Waals surface area contributed by atoms with Crippen molar-refractivity contribution in [2.75, 3.05) is 12.1 Å². The number of nitrogens with zero attached hydrogens (tertiary/aromatic N) is 3. The van der Waals surface area contributed by atoms with Gasteiger partial charge in [0.15, 0.2) is 5.65 Å². The van der Waals surface area contributed by atoms with Gasteiger partial charge in [-0.1, -0.05) is 11.6 Å². The molecule has 3 rings (SSSR count). The number of aryl methyl sites for hydroxylation is 1. The van der Waals surface area contributed by atoms with Gasteiger partial charge in [0.2, 0.25) is 0 Å². The van der Waals surface area contributed by atoms with Gasteiger partial charge in [0.25, 0.3) is 0 Å². The molecule has 1 aliphatic rings. The average Bonchev–Trinajstić information content (AvgIpc) is 2.85. The number of halogens is 2. The summed E-state index contributed by atoms with van der Waals surface area (Å²) in [5.74, 6) is 1.62. The van der Waals surface area contributed by atoms with Gasteiger partial charge in [0.05, 0.1) is 5.02 Å². The molecule has 0 aliphatic heterocycles. The summed E-state index contributed by atoms with van der Waals surface area (Å²) in [5, 5.41) is 1.44. The van der Waals surface area contributed by atoms with Crippen molar-refractivity contribution in [1.29, 1.82) is 0 Å². The van der Waals surface area contributed by atoms with Gasteiger partial charge in [-0.3, -0.25) is 0 Å². The van der Waals surface area contributed by atoms with Crippen molar-refractivity contribution < 1.29 is 0 Å². The minimum atomic E-state index is 0.491. The van der Waals surface area contributed by atoms with Crippen LogP contribution in [-0.4, -0.2) is 31.9 Å². The Bertz CT molecular complexity index is 621. The number of hydrogen-bond donors (Lipinski definition) is 0. The van der Waals surface area contributed by atoms with Gasteiger partial charge in [-0.05, 0) is 38.0 Å². The molecular weight excluding hydrogens is 325 g/mol. The van der Waals surface area contributed by atoms with Gasteiger partial charge in [0, 0.05) is 29.8 Å². The number of aromatic nitrogens is 3. The lowest BCUT2D eigenvalue weighted by Gasteiger charge is -2.29. The maximum absolute atomic E-state index is 6.04. The van der Waals surface area contributed by atoms with Gasteiger partial charge in [-0.25, -0.2) is 9.97 Å². The van der Waals surface area contributed by atoms with E-state index in [0.717, 1.165) is 28.7 Å². The molecule has 0 saturated heterocycles. The number of hydrogen-bond acceptors (Lipinski definition) is 3. The van der Waals surface area contributed by atoms with Gasteiger partial charge >= 0.3 is 0 Å². The van der Waals surface area contributed by atoms with Gasteiger partial charge in [0.1, 0.15) is 11.3 Å². The summed E-state index contributed by atoms with van der Waals surface area (Å²) in [6.45, 7) is 0. The van der Waals surface area contributed by atoms with Crippen molar-refractivity contribution >= 4 is 46.1 Å². The molecule has 0 atom stereocenters. The molecule has 1 aliphatic carbocycles. The maximum Gasteiger partial charge on any atom is 0.160 e. The summed E-state index contributed by atoms with van der Waals surface area (Å²) in [6, 6.07) is 2.39. The highest BCUT2D eigenvalue weighted by molar-refractivity contribution is 7.99. The fourth-order valence-corrected chi connectivity index (χ4v) is 4.25. The number of alkyl halides is 1. The Morgan fingerprint density at radius 3 is 2.76 bits per heavy atom. The second-order valence-corrected chi connectivity index (χ2v) is 7.45. The van der Waals surface area contributed by atoms with E-state index >= 15 is 0 Å². The predicted octanol–water partition coefficient (Wildman–Crippen LogP) is 4.71. The molecule has 3 nitrogen and oxygen atoms in total. The Morgan fingerprint density at radius 2 is 2.10 bits per heavy atom. The van der Waals surface area contributed by atoms with Crippen LogP contribution in [-0.2, 0) is 6.42 Å². The van der Waals surface area contributed by atoms with Crippen molar-refractivity contribution in [2.24, 2.45) is 0 Å². The average molecular weight is 344 g/mol. The summed E-state index contributed by atoms with van der Waals surface area (Å²) in [7, 11) is 0. The van der Waals surface area contributed by atoms with E-state index in [0.29, 0.717) is 16.9 Å². The summed E-state index contributed by atoms with van der Waals surface area (Å²) in [4.78, 5) is 9.22. The van der Waals surface area contributed by atoms with E-state index in [-0.39, 0.29) is 0 Å². The van der Waals surface area contributed by atoms with Crippen LogP contribution in [0.2, 0.25) is 5.02 Å². The third-order valence-corrected chi connectivity index (χ3v) is 5.76. The molecule has 114 valence electrons. The fourth-order valence-electron chi connectivity index (χ4n) is 3.19. The molecule has 21 heavy (non-hydrogen) atoms. The van der Waals surface area contributed by atoms with Crippen molar-refractivity contribution in [3.05, 3.63) is 23.1 Å². The molecule has 6 heteroatoms. The standard InChI is InChI=1S/C15H19Cl2N3S/c1-21-12-4-2-11(3-5-12)20-14(6-7-16)19-13-8-10(17)9-18-15(13)20/h8-9,11-12H,2-7H2,1H3. The molecule has 2 aromatic rings. The van der Waals surface area contributed by atoms with E-state index in [4.69, 9.17) is 28.2 Å². The molecule has 2 aromatic heterocycles. The molecule has 0 radical (unpaired) electrons. The largest absolute Gasteiger partial charge is 0.310 e. The number of fused-ring (bicyclic) bond motifs is 1. The molecule has 0 amide bonds. The first-order chi connectivity index (χ1) is 10.2. The Hall–Kier alpha value is -0.450. The molecule has 0 unspecified atom stereocenters. The van der Waals surface area contributed by atoms with Gasteiger partial charge in [-0.2, -0.15) is 11.8 Å². The topological polar surface area (TPSA) is 30.7 Å². The molecular formula is C15H19Cl2N3S. The Morgan fingerprint density at radius 1 is 1.33 bits per heavy atom. The van der Waals surface area contributed by atoms with Crippen molar-refractivity contribution in [2.45, 2.75) is 43.4 Å². The van der Waals surface area contributed by atoms with Crippen LogP contribution in [0.25, 0.3) is 11.2 Å². The van der Waals surface area contributed by atoms with E-state index < -0.39 is 0 Å². The molecule has 0 N–H and O–H groups in total. The second-order valence-electron chi connectivity index (χ2n) is 5.50. The summed E-state index contributed by atoms with van der Waals surface area (Å²) >= 11 is 14.0. The highest BCUT2D eigenvalue weighted by atomic mass is 35.5. The normalized spacial score (nSPS) is 22.8. The first-order valence-corrected chi connectivity index (χ1v) is 9.54. The quantitative estimate of drug-likeness (QED) is 0.753. The van der Waals surface area contributed by atoms with Crippen molar-refractivity contribution in [3.8, 4) is 0 Å². The molecule has 2 heterocycles. The third-order valence-electron chi connectivity index (χ3n) is 4.23. The molecule has 0 spiro atoms. The molecule has 1 fully saturated rings. The Kier molecular flexibility index (Phi) is 4.97. The van der Waals surface area contributed by atoms with Gasteiger partial charge in [-0.15, -0.1) is 11.6 Å². The van der Waals surface area contributed by atoms with Gasteiger partial charge < -0.3 is 4.57 Å². The summed E-state index contributed by atoms with van der Waals surface area (Å²) in [5.41, 5.74) is 1.83. The molecule has 0 aromatic carbocycles.